The van der Waals surface area contributed by atoms with Gasteiger partial charge in [0.2, 0.25) is 5.91 Å². The molecule has 4 aromatic rings. The van der Waals surface area contributed by atoms with Gasteiger partial charge in [0, 0.05) is 35.7 Å². The molecule has 5 nitrogen and oxygen atoms in total. The van der Waals surface area contributed by atoms with E-state index >= 15 is 0 Å². The Morgan fingerprint density at radius 2 is 1.84 bits per heavy atom. The fourth-order valence-corrected chi connectivity index (χ4v) is 5.48. The van der Waals surface area contributed by atoms with Crippen LogP contribution in [0.25, 0.3) is 21.0 Å². The van der Waals surface area contributed by atoms with Crippen molar-refractivity contribution in [3.8, 4) is 0 Å². The fourth-order valence-electron chi connectivity index (χ4n) is 4.44. The molecular formula is C25H24ClN3O2S. The summed E-state index contributed by atoms with van der Waals surface area (Å²) in [6.07, 6.45) is 1.91. The number of carbonyl (C=O) groups is 1. The highest BCUT2D eigenvalue weighted by Gasteiger charge is 2.24. The number of nitrogens with zero attached hydrogens (tertiary/aromatic N) is 2. The number of amides is 1. The molecule has 3 aromatic carbocycles. The van der Waals surface area contributed by atoms with Crippen LogP contribution in [0, 0.1) is 5.92 Å². The van der Waals surface area contributed by atoms with Gasteiger partial charge in [0.05, 0.1) is 10.2 Å². The Kier molecular flexibility index (Phi) is 5.89. The molecule has 0 unspecified atom stereocenters. The molecule has 7 heteroatoms. The maximum absolute atomic E-state index is 12.9. The Labute approximate surface area is 195 Å². The number of aromatic nitrogens is 1. The van der Waals surface area contributed by atoms with Gasteiger partial charge in [0.1, 0.15) is 6.54 Å². The average Bonchev–Trinajstić information content (AvgIpc) is 3.12. The topological polar surface area (TPSA) is 54.3 Å². The standard InChI is InChI=1S/C25H24ClN3O2S/c26-19-8-9-23-22(14-19)29(25(31)32-23)16-24(30)28-12-10-17(11-13-28)15-27-21-7-3-5-18-4-1-2-6-20(18)21/h1-9,14,17,27H,10-13,15-16H2. The first kappa shape index (κ1) is 21.0. The van der Waals surface area contributed by atoms with Gasteiger partial charge >= 0.3 is 4.87 Å². The van der Waals surface area contributed by atoms with Crippen molar-refractivity contribution < 1.29 is 4.79 Å². The number of thiazole rings is 1. The van der Waals surface area contributed by atoms with Crippen LogP contribution in [0.5, 0.6) is 0 Å². The van der Waals surface area contributed by atoms with Crippen LogP contribution in [0.3, 0.4) is 0 Å². The number of benzene rings is 3. The van der Waals surface area contributed by atoms with E-state index in [-0.39, 0.29) is 17.3 Å². The molecule has 32 heavy (non-hydrogen) atoms. The zero-order valence-electron chi connectivity index (χ0n) is 17.6. The summed E-state index contributed by atoms with van der Waals surface area (Å²) in [5.41, 5.74) is 1.89. The van der Waals surface area contributed by atoms with Gasteiger partial charge in [0.15, 0.2) is 0 Å². The van der Waals surface area contributed by atoms with E-state index in [1.54, 1.807) is 16.7 Å². The second kappa shape index (κ2) is 8.96. The zero-order chi connectivity index (χ0) is 22.1. The molecule has 5 rings (SSSR count). The van der Waals surface area contributed by atoms with Crippen molar-refractivity contribution in [1.29, 1.82) is 0 Å². The third-order valence-electron chi connectivity index (χ3n) is 6.26. The molecule has 1 aromatic heterocycles. The van der Waals surface area contributed by atoms with Crippen LogP contribution in [0.1, 0.15) is 12.8 Å². The maximum Gasteiger partial charge on any atom is 0.308 e. The van der Waals surface area contributed by atoms with Gasteiger partial charge in [0.25, 0.3) is 0 Å². The summed E-state index contributed by atoms with van der Waals surface area (Å²) in [4.78, 5) is 27.1. The molecule has 1 saturated heterocycles. The van der Waals surface area contributed by atoms with Crippen molar-refractivity contribution in [2.24, 2.45) is 5.92 Å². The first-order chi connectivity index (χ1) is 15.6. The highest BCUT2D eigenvalue weighted by molar-refractivity contribution is 7.16. The lowest BCUT2D eigenvalue weighted by molar-refractivity contribution is -0.133. The minimum absolute atomic E-state index is 0.00719. The van der Waals surface area contributed by atoms with Gasteiger partial charge in [-0.15, -0.1) is 0 Å². The SMILES string of the molecule is O=C(Cn1c(=O)sc2ccc(Cl)cc21)N1CCC(CNc2cccc3ccccc23)CC1. The molecule has 0 aliphatic carbocycles. The Morgan fingerprint density at radius 3 is 2.69 bits per heavy atom. The van der Waals surface area contributed by atoms with Crippen molar-refractivity contribution in [2.75, 3.05) is 25.0 Å². The second-order valence-electron chi connectivity index (χ2n) is 8.30. The summed E-state index contributed by atoms with van der Waals surface area (Å²) in [5, 5.41) is 6.64. The summed E-state index contributed by atoms with van der Waals surface area (Å²) in [7, 11) is 0. The highest BCUT2D eigenvalue weighted by atomic mass is 35.5. The lowest BCUT2D eigenvalue weighted by Gasteiger charge is -2.32. The lowest BCUT2D eigenvalue weighted by Crippen LogP contribution is -2.42. The third-order valence-corrected chi connectivity index (χ3v) is 7.46. The minimum Gasteiger partial charge on any atom is -0.384 e. The summed E-state index contributed by atoms with van der Waals surface area (Å²) in [5.74, 6) is 0.508. The molecule has 0 radical (unpaired) electrons. The molecule has 164 valence electrons. The van der Waals surface area contributed by atoms with Crippen LogP contribution in [0.2, 0.25) is 5.02 Å². The third kappa shape index (κ3) is 4.25. The summed E-state index contributed by atoms with van der Waals surface area (Å²) < 4.78 is 2.40. The van der Waals surface area contributed by atoms with Gasteiger partial charge in [-0.05, 0) is 48.4 Å². The number of anilines is 1. The number of hydrogen-bond donors (Lipinski definition) is 1. The van der Waals surface area contributed by atoms with Crippen molar-refractivity contribution in [1.82, 2.24) is 9.47 Å². The van der Waals surface area contributed by atoms with E-state index in [1.807, 2.05) is 11.0 Å². The zero-order valence-corrected chi connectivity index (χ0v) is 19.2. The van der Waals surface area contributed by atoms with Crippen molar-refractivity contribution >= 4 is 55.5 Å². The van der Waals surface area contributed by atoms with Gasteiger partial charge in [-0.2, -0.15) is 0 Å². The molecule has 1 amide bonds. The Balaban J connectivity index is 1.19. The minimum atomic E-state index is -0.121. The van der Waals surface area contributed by atoms with E-state index in [1.165, 1.54) is 10.8 Å². The van der Waals surface area contributed by atoms with Crippen molar-refractivity contribution in [3.63, 3.8) is 0 Å². The molecule has 0 bridgehead atoms. The molecule has 0 spiro atoms. The van der Waals surface area contributed by atoms with E-state index in [0.717, 1.165) is 59.7 Å². The summed E-state index contributed by atoms with van der Waals surface area (Å²) in [6, 6.07) is 20.1. The Bertz CT molecular complexity index is 1330. The molecule has 1 N–H and O–H groups in total. The van der Waals surface area contributed by atoms with Gasteiger partial charge in [-0.1, -0.05) is 59.3 Å². The van der Waals surface area contributed by atoms with Gasteiger partial charge in [-0.3, -0.25) is 14.2 Å². The van der Waals surface area contributed by atoms with Crippen LogP contribution in [0.4, 0.5) is 5.69 Å². The predicted molar refractivity (Wildman–Crippen MR) is 133 cm³/mol. The molecular weight excluding hydrogens is 442 g/mol. The van der Waals surface area contributed by atoms with Crippen molar-refractivity contribution in [2.45, 2.75) is 19.4 Å². The molecule has 1 fully saturated rings. The van der Waals surface area contributed by atoms with E-state index in [2.05, 4.69) is 47.8 Å². The molecule has 0 atom stereocenters. The van der Waals surface area contributed by atoms with Crippen LogP contribution in [-0.2, 0) is 11.3 Å². The monoisotopic (exact) mass is 465 g/mol. The van der Waals surface area contributed by atoms with E-state index < -0.39 is 0 Å². The maximum atomic E-state index is 12.9. The van der Waals surface area contributed by atoms with Crippen molar-refractivity contribution in [3.05, 3.63) is 75.4 Å². The number of fused-ring (bicyclic) bond motifs is 2. The number of likely N-dealkylation sites (tertiary alicyclic amines) is 1. The summed E-state index contributed by atoms with van der Waals surface area (Å²) >= 11 is 7.25. The number of nitrogens with one attached hydrogen (secondary N) is 1. The first-order valence-electron chi connectivity index (χ1n) is 10.9. The quantitative estimate of drug-likeness (QED) is 0.439. The lowest BCUT2D eigenvalue weighted by atomic mass is 9.96. The second-order valence-corrected chi connectivity index (χ2v) is 9.73. The van der Waals surface area contributed by atoms with E-state index in [4.69, 9.17) is 11.6 Å². The fraction of sp³-hybridized carbons (Fsp3) is 0.280. The molecule has 1 aliphatic rings. The molecule has 2 heterocycles. The predicted octanol–water partition coefficient (Wildman–Crippen LogP) is 5.22. The summed E-state index contributed by atoms with van der Waals surface area (Å²) in [6.45, 7) is 2.40. The van der Waals surface area contributed by atoms with Crippen LogP contribution in [-0.4, -0.2) is 35.0 Å². The van der Waals surface area contributed by atoms with Crippen LogP contribution >= 0.6 is 22.9 Å². The first-order valence-corrected chi connectivity index (χ1v) is 12.1. The average molecular weight is 466 g/mol. The van der Waals surface area contributed by atoms with Gasteiger partial charge in [-0.25, -0.2) is 0 Å². The number of hydrogen-bond acceptors (Lipinski definition) is 4. The number of rotatable bonds is 5. The molecule has 1 aliphatic heterocycles. The largest absolute Gasteiger partial charge is 0.384 e. The van der Waals surface area contributed by atoms with Crippen LogP contribution < -0.4 is 10.2 Å². The van der Waals surface area contributed by atoms with Crippen LogP contribution in [0.15, 0.2) is 65.5 Å². The Hall–Kier alpha value is -2.83. The number of piperidine rings is 1. The normalized spacial score (nSPS) is 14.8. The number of carbonyl (C=O) groups excluding carboxylic acids is 1. The smallest absolute Gasteiger partial charge is 0.308 e. The molecule has 0 saturated carbocycles. The number of halogens is 1. The van der Waals surface area contributed by atoms with E-state index in [0.29, 0.717) is 10.9 Å². The van der Waals surface area contributed by atoms with Gasteiger partial charge < -0.3 is 10.2 Å². The van der Waals surface area contributed by atoms with E-state index in [9.17, 15) is 9.59 Å². The Morgan fingerprint density at radius 1 is 1.06 bits per heavy atom. The highest BCUT2D eigenvalue weighted by Crippen LogP contribution is 2.25.